The molecule has 2 unspecified atom stereocenters. The molecule has 0 aliphatic carbocycles. The number of hydrogen-bond donors (Lipinski definition) is 3. The van der Waals surface area contributed by atoms with Gasteiger partial charge in [0.25, 0.3) is 11.8 Å². The molecule has 6 nitrogen and oxygen atoms in total. The second kappa shape index (κ2) is 28.0. The van der Waals surface area contributed by atoms with Crippen LogP contribution in [0, 0.1) is 5.82 Å². The quantitative estimate of drug-likeness (QED) is 0.230. The van der Waals surface area contributed by atoms with Gasteiger partial charge in [0.15, 0.2) is 12.2 Å². The first-order valence-corrected chi connectivity index (χ1v) is 15.3. The summed E-state index contributed by atoms with van der Waals surface area (Å²) in [5, 5.41) is 24.7. The molecule has 0 bridgehead atoms. The normalized spacial score (nSPS) is 12.6. The summed E-state index contributed by atoms with van der Waals surface area (Å²) < 4.78 is 12.5. The van der Waals surface area contributed by atoms with Crippen molar-refractivity contribution in [1.82, 2.24) is 10.2 Å². The number of likely N-dealkylation sites (tertiary alicyclic amines) is 1. The highest BCUT2D eigenvalue weighted by molar-refractivity contribution is 8.05. The minimum atomic E-state index is -1.77. The lowest BCUT2D eigenvalue weighted by atomic mass is 10.1. The van der Waals surface area contributed by atoms with Crippen LogP contribution in [0.4, 0.5) is 4.39 Å². The highest BCUT2D eigenvalue weighted by Crippen LogP contribution is 2.18. The van der Waals surface area contributed by atoms with Crippen LogP contribution in [0.3, 0.4) is 0 Å². The number of halogens is 3. The average Bonchev–Trinajstić information content (AvgIpc) is 3.50. The monoisotopic (exact) mass is 634 g/mol. The maximum absolute atomic E-state index is 12.5. The maximum atomic E-state index is 12.5. The molecule has 0 aromatic heterocycles. The number of thioether (sulfide) groups is 1. The fraction of sp³-hybridized carbons (Fsp3) is 0.484. The second-order valence-corrected chi connectivity index (χ2v) is 10.3. The highest BCUT2D eigenvalue weighted by atomic mass is 35.5. The van der Waals surface area contributed by atoms with E-state index in [2.05, 4.69) is 38.6 Å². The standard InChI is InChI=1S/C13H20N2O4S.C9H10ClF.C4H7Cl.C3H6.C2H6/c1-3-20-9(2)8-14-12(18)10(16)11(17)13(19)15-6-4-5-7-15;1-2-3-7-4-5-8(11)6-9(7)10;1-3-4(2)5;1-3-2;1-2/h3,10-11,16-17H,1-2,4-8H2,(H,14,18);4-6H,2-3H2,1H3;2-3H2,1H3;3H,1H2,2H3;1-2H3. The van der Waals surface area contributed by atoms with Crippen molar-refractivity contribution in [1.29, 1.82) is 0 Å². The zero-order chi connectivity index (χ0) is 32.4. The molecule has 1 aromatic rings. The molecule has 1 aliphatic heterocycles. The molecule has 1 aromatic carbocycles. The first-order chi connectivity index (χ1) is 19.4. The Morgan fingerprint density at radius 2 is 1.66 bits per heavy atom. The van der Waals surface area contributed by atoms with Gasteiger partial charge in [0, 0.05) is 34.6 Å². The van der Waals surface area contributed by atoms with Crippen molar-refractivity contribution >= 4 is 46.8 Å². The molecule has 41 heavy (non-hydrogen) atoms. The van der Waals surface area contributed by atoms with Crippen molar-refractivity contribution in [3.63, 3.8) is 0 Å². The lowest BCUT2D eigenvalue weighted by Gasteiger charge is -2.22. The number of benzene rings is 1. The zero-order valence-electron chi connectivity index (χ0n) is 25.2. The zero-order valence-corrected chi connectivity index (χ0v) is 27.6. The summed E-state index contributed by atoms with van der Waals surface area (Å²) in [5.74, 6) is -1.67. The fourth-order valence-corrected chi connectivity index (χ4v) is 3.50. The maximum Gasteiger partial charge on any atom is 0.254 e. The third-order valence-corrected chi connectivity index (χ3v) is 6.13. The molecule has 0 radical (unpaired) electrons. The molecule has 2 rings (SSSR count). The molecule has 1 saturated heterocycles. The van der Waals surface area contributed by atoms with Crippen LogP contribution < -0.4 is 5.32 Å². The molecule has 2 atom stereocenters. The number of aryl methyl sites for hydroxylation is 1. The Kier molecular flexibility index (Phi) is 29.7. The van der Waals surface area contributed by atoms with Gasteiger partial charge in [0.2, 0.25) is 0 Å². The smallest absolute Gasteiger partial charge is 0.254 e. The van der Waals surface area contributed by atoms with Gasteiger partial charge in [0.05, 0.1) is 0 Å². The molecule has 1 aliphatic rings. The predicted molar refractivity (Wildman–Crippen MR) is 176 cm³/mol. The van der Waals surface area contributed by atoms with Gasteiger partial charge in [-0.2, -0.15) is 0 Å². The van der Waals surface area contributed by atoms with Gasteiger partial charge in [-0.15, -0.1) is 18.3 Å². The van der Waals surface area contributed by atoms with Crippen LogP contribution in [0.1, 0.15) is 65.9 Å². The SMILES string of the molecule is C=C(Cl)CC.C=CC.C=CSC(=C)CNC(=O)C(O)C(O)C(=O)N1CCCC1.CC.CCCc1ccc(F)cc1Cl. The van der Waals surface area contributed by atoms with Crippen LogP contribution in [-0.2, 0) is 16.0 Å². The van der Waals surface area contributed by atoms with E-state index in [-0.39, 0.29) is 12.4 Å². The van der Waals surface area contributed by atoms with E-state index in [9.17, 15) is 24.2 Å². The third-order valence-electron chi connectivity index (χ3n) is 4.87. The lowest BCUT2D eigenvalue weighted by Crippen LogP contribution is -2.50. The fourth-order valence-electron chi connectivity index (χ4n) is 2.85. The Morgan fingerprint density at radius 3 is 2.07 bits per heavy atom. The number of nitrogens with one attached hydrogen (secondary N) is 1. The number of allylic oxidation sites excluding steroid dienone is 2. The molecule has 0 saturated carbocycles. The number of aliphatic hydroxyl groups is 2. The van der Waals surface area contributed by atoms with Crippen LogP contribution in [-0.4, -0.2) is 58.8 Å². The summed E-state index contributed by atoms with van der Waals surface area (Å²) in [4.78, 5) is 25.6. The summed E-state index contributed by atoms with van der Waals surface area (Å²) in [6.07, 6.45) is 2.82. The Morgan fingerprint density at radius 1 is 1.15 bits per heavy atom. The van der Waals surface area contributed by atoms with Gasteiger partial charge >= 0.3 is 0 Å². The van der Waals surface area contributed by atoms with Crippen LogP contribution in [0.2, 0.25) is 5.02 Å². The van der Waals surface area contributed by atoms with E-state index in [1.807, 2.05) is 27.7 Å². The molecule has 0 spiro atoms. The largest absolute Gasteiger partial charge is 0.380 e. The van der Waals surface area contributed by atoms with Crippen molar-refractivity contribution in [3.05, 3.63) is 82.3 Å². The van der Waals surface area contributed by atoms with Crippen molar-refractivity contribution in [2.24, 2.45) is 0 Å². The number of rotatable bonds is 10. The van der Waals surface area contributed by atoms with Gasteiger partial charge < -0.3 is 20.4 Å². The molecule has 2 amide bonds. The van der Waals surface area contributed by atoms with Crippen molar-refractivity contribution in [3.8, 4) is 0 Å². The molecule has 1 heterocycles. The Labute approximate surface area is 261 Å². The first-order valence-electron chi connectivity index (χ1n) is 13.6. The van der Waals surface area contributed by atoms with Crippen LogP contribution in [0.25, 0.3) is 0 Å². The summed E-state index contributed by atoms with van der Waals surface area (Å²) in [7, 11) is 0. The van der Waals surface area contributed by atoms with E-state index in [1.54, 1.807) is 17.6 Å². The van der Waals surface area contributed by atoms with Gasteiger partial charge in [0.1, 0.15) is 5.82 Å². The minimum Gasteiger partial charge on any atom is -0.380 e. The molecular formula is C31H49Cl2FN2O4S. The Hall–Kier alpha value is -2.10. The Balaban J connectivity index is -0.000000573. The number of hydrogen-bond acceptors (Lipinski definition) is 5. The molecular weight excluding hydrogens is 586 g/mol. The summed E-state index contributed by atoms with van der Waals surface area (Å²) >= 11 is 12.3. The van der Waals surface area contributed by atoms with E-state index in [1.165, 1.54) is 28.8 Å². The highest BCUT2D eigenvalue weighted by Gasteiger charge is 2.34. The molecule has 234 valence electrons. The van der Waals surface area contributed by atoms with Crippen molar-refractivity contribution in [2.75, 3.05) is 19.6 Å². The first kappa shape index (κ1) is 43.4. The number of nitrogens with zero attached hydrogens (tertiary/aromatic N) is 1. The van der Waals surface area contributed by atoms with Crippen LogP contribution in [0.5, 0.6) is 0 Å². The van der Waals surface area contributed by atoms with E-state index in [0.717, 1.165) is 42.7 Å². The summed E-state index contributed by atoms with van der Waals surface area (Å²) in [5.41, 5.74) is 1.02. The molecule has 10 heteroatoms. The van der Waals surface area contributed by atoms with E-state index in [0.29, 0.717) is 23.0 Å². The minimum absolute atomic E-state index is 0.136. The van der Waals surface area contributed by atoms with Crippen LogP contribution in [0.15, 0.2) is 65.9 Å². The van der Waals surface area contributed by atoms with Gasteiger partial charge in [-0.05, 0) is 55.7 Å². The lowest BCUT2D eigenvalue weighted by molar-refractivity contribution is -0.152. The number of amides is 2. The molecule has 3 N–H and O–H groups in total. The topological polar surface area (TPSA) is 89.9 Å². The summed E-state index contributed by atoms with van der Waals surface area (Å²) in [6.45, 7) is 25.2. The number of carbonyl (C=O) groups is 2. The van der Waals surface area contributed by atoms with E-state index < -0.39 is 24.0 Å². The summed E-state index contributed by atoms with van der Waals surface area (Å²) in [6, 6.07) is 4.53. The van der Waals surface area contributed by atoms with Gasteiger partial charge in [-0.3, -0.25) is 9.59 Å². The molecule has 1 fully saturated rings. The second-order valence-electron chi connectivity index (χ2n) is 8.23. The van der Waals surface area contributed by atoms with Crippen LogP contribution >= 0.6 is 35.0 Å². The number of carbonyl (C=O) groups excluding carboxylic acids is 2. The number of aliphatic hydroxyl groups excluding tert-OH is 2. The van der Waals surface area contributed by atoms with Crippen molar-refractivity contribution in [2.45, 2.75) is 78.9 Å². The van der Waals surface area contributed by atoms with E-state index >= 15 is 0 Å². The van der Waals surface area contributed by atoms with Gasteiger partial charge in [-0.25, -0.2) is 4.39 Å². The predicted octanol–water partition coefficient (Wildman–Crippen LogP) is 7.64. The van der Waals surface area contributed by atoms with Crippen molar-refractivity contribution < 1.29 is 24.2 Å². The average molecular weight is 636 g/mol. The third kappa shape index (κ3) is 22.2. The Bertz CT molecular complexity index is 925. The van der Waals surface area contributed by atoms with E-state index in [4.69, 9.17) is 23.2 Å². The van der Waals surface area contributed by atoms with Gasteiger partial charge in [-0.1, -0.05) is 89.2 Å².